The zero-order valence-electron chi connectivity index (χ0n) is 15.4. The Morgan fingerprint density at radius 3 is 2.72 bits per heavy atom. The maximum Gasteiger partial charge on any atom is 0.251 e. The van der Waals surface area contributed by atoms with Gasteiger partial charge in [0.15, 0.2) is 0 Å². The van der Waals surface area contributed by atoms with Gasteiger partial charge in [0.2, 0.25) is 0 Å². The summed E-state index contributed by atoms with van der Waals surface area (Å²) in [6.07, 6.45) is 8.45. The van der Waals surface area contributed by atoms with Gasteiger partial charge in [-0.1, -0.05) is 56.9 Å². The number of benzene rings is 1. The van der Waals surface area contributed by atoms with Gasteiger partial charge in [-0.05, 0) is 31.9 Å². The van der Waals surface area contributed by atoms with Crippen LogP contribution in [0.2, 0.25) is 0 Å². The van der Waals surface area contributed by atoms with Crippen molar-refractivity contribution >= 4 is 0 Å². The van der Waals surface area contributed by atoms with Crippen molar-refractivity contribution in [2.24, 2.45) is 0 Å². The molecule has 1 saturated carbocycles. The van der Waals surface area contributed by atoms with E-state index < -0.39 is 0 Å². The fourth-order valence-corrected chi connectivity index (χ4v) is 3.83. The number of aryl methyl sites for hydroxylation is 1. The van der Waals surface area contributed by atoms with Crippen LogP contribution < -0.4 is 5.56 Å². The van der Waals surface area contributed by atoms with Gasteiger partial charge < -0.3 is 4.98 Å². The summed E-state index contributed by atoms with van der Waals surface area (Å²) in [7, 11) is 2.22. The second-order valence-corrected chi connectivity index (χ2v) is 7.20. The van der Waals surface area contributed by atoms with Gasteiger partial charge in [0.05, 0.1) is 0 Å². The molecular weight excluding hydrogens is 310 g/mol. The van der Waals surface area contributed by atoms with E-state index in [0.717, 1.165) is 30.6 Å². The number of rotatable bonds is 6. The fourth-order valence-electron chi connectivity index (χ4n) is 3.83. The number of nitrogens with zero attached hydrogens (tertiary/aromatic N) is 2. The van der Waals surface area contributed by atoms with E-state index in [1.54, 1.807) is 6.07 Å². The van der Waals surface area contributed by atoms with Crippen LogP contribution in [0.15, 0.2) is 35.1 Å². The van der Waals surface area contributed by atoms with E-state index in [0.29, 0.717) is 11.9 Å². The van der Waals surface area contributed by atoms with Gasteiger partial charge in [0.1, 0.15) is 5.82 Å². The molecule has 2 aromatic rings. The van der Waals surface area contributed by atoms with Gasteiger partial charge in [-0.15, -0.1) is 0 Å². The Hall–Kier alpha value is -1.94. The monoisotopic (exact) mass is 339 g/mol. The SMILES string of the molecule is CCCc1cc(=O)[nH]c(-c2ccccc2CN(C)C2CCCCC2)n1. The summed E-state index contributed by atoms with van der Waals surface area (Å²) in [5.41, 5.74) is 3.08. The van der Waals surface area contributed by atoms with Crippen LogP contribution in [-0.2, 0) is 13.0 Å². The molecule has 1 aliphatic carbocycles. The fraction of sp³-hybridized carbons (Fsp3) is 0.524. The number of aromatic nitrogens is 2. The molecule has 25 heavy (non-hydrogen) atoms. The molecule has 1 heterocycles. The lowest BCUT2D eigenvalue weighted by molar-refractivity contribution is 0.185. The van der Waals surface area contributed by atoms with Crippen molar-refractivity contribution in [3.63, 3.8) is 0 Å². The van der Waals surface area contributed by atoms with Crippen molar-refractivity contribution in [3.8, 4) is 11.4 Å². The van der Waals surface area contributed by atoms with E-state index >= 15 is 0 Å². The van der Waals surface area contributed by atoms with Crippen LogP contribution in [0.3, 0.4) is 0 Å². The molecule has 0 unspecified atom stereocenters. The molecule has 4 heteroatoms. The van der Waals surface area contributed by atoms with Crippen LogP contribution in [0.1, 0.15) is 56.7 Å². The number of nitrogens with one attached hydrogen (secondary N) is 1. The Morgan fingerprint density at radius 1 is 1.20 bits per heavy atom. The minimum Gasteiger partial charge on any atom is -0.307 e. The first kappa shape index (κ1) is 17.9. The highest BCUT2D eigenvalue weighted by molar-refractivity contribution is 5.60. The van der Waals surface area contributed by atoms with Crippen molar-refractivity contribution in [2.75, 3.05) is 7.05 Å². The highest BCUT2D eigenvalue weighted by Crippen LogP contribution is 2.26. The van der Waals surface area contributed by atoms with E-state index in [1.807, 2.05) is 6.07 Å². The van der Waals surface area contributed by atoms with E-state index in [1.165, 1.54) is 37.7 Å². The zero-order chi connectivity index (χ0) is 17.6. The minimum absolute atomic E-state index is 0.0658. The standard InChI is InChI=1S/C21H29N3O/c1-3-9-17-14-20(25)23-21(22-17)19-13-8-7-10-16(19)15-24(2)18-11-5-4-6-12-18/h7-8,10,13-14,18H,3-6,9,11-12,15H2,1-2H3,(H,22,23,25). The molecule has 1 fully saturated rings. The summed E-state index contributed by atoms with van der Waals surface area (Å²) in [4.78, 5) is 22.1. The van der Waals surface area contributed by atoms with E-state index in [4.69, 9.17) is 4.98 Å². The van der Waals surface area contributed by atoms with E-state index in [-0.39, 0.29) is 5.56 Å². The van der Waals surface area contributed by atoms with Gasteiger partial charge in [-0.3, -0.25) is 9.69 Å². The molecule has 3 rings (SSSR count). The van der Waals surface area contributed by atoms with Gasteiger partial charge in [0.25, 0.3) is 5.56 Å². The third kappa shape index (κ3) is 4.57. The highest BCUT2D eigenvalue weighted by Gasteiger charge is 2.19. The summed E-state index contributed by atoms with van der Waals surface area (Å²) < 4.78 is 0. The lowest BCUT2D eigenvalue weighted by Crippen LogP contribution is -2.33. The Labute approximate surface area is 150 Å². The van der Waals surface area contributed by atoms with Gasteiger partial charge in [-0.25, -0.2) is 4.98 Å². The maximum atomic E-state index is 12.0. The first-order valence-corrected chi connectivity index (χ1v) is 9.56. The quantitative estimate of drug-likeness (QED) is 0.860. The van der Waals surface area contributed by atoms with Crippen molar-refractivity contribution in [2.45, 2.75) is 64.5 Å². The van der Waals surface area contributed by atoms with Crippen LogP contribution in [0.5, 0.6) is 0 Å². The second-order valence-electron chi connectivity index (χ2n) is 7.20. The van der Waals surface area contributed by atoms with Crippen molar-refractivity contribution in [3.05, 3.63) is 51.9 Å². The first-order chi connectivity index (χ1) is 12.2. The topological polar surface area (TPSA) is 49.0 Å². The lowest BCUT2D eigenvalue weighted by Gasteiger charge is -2.31. The molecule has 1 N–H and O–H groups in total. The summed E-state index contributed by atoms with van der Waals surface area (Å²) in [5, 5.41) is 0. The predicted molar refractivity (Wildman–Crippen MR) is 103 cm³/mol. The summed E-state index contributed by atoms with van der Waals surface area (Å²) in [5.74, 6) is 0.698. The molecule has 0 atom stereocenters. The largest absolute Gasteiger partial charge is 0.307 e. The van der Waals surface area contributed by atoms with Crippen molar-refractivity contribution in [1.82, 2.24) is 14.9 Å². The normalized spacial score (nSPS) is 15.6. The summed E-state index contributed by atoms with van der Waals surface area (Å²) in [6.45, 7) is 3.00. The highest BCUT2D eigenvalue weighted by atomic mass is 16.1. The molecule has 0 spiro atoms. The molecule has 0 radical (unpaired) electrons. The van der Waals surface area contributed by atoms with Crippen LogP contribution in [0, 0.1) is 0 Å². The van der Waals surface area contributed by atoms with Crippen LogP contribution in [0.4, 0.5) is 0 Å². The summed E-state index contributed by atoms with van der Waals surface area (Å²) >= 11 is 0. The van der Waals surface area contributed by atoms with Crippen molar-refractivity contribution in [1.29, 1.82) is 0 Å². The zero-order valence-corrected chi connectivity index (χ0v) is 15.4. The number of aromatic amines is 1. The number of hydrogen-bond acceptors (Lipinski definition) is 3. The average molecular weight is 339 g/mol. The summed E-state index contributed by atoms with van der Waals surface area (Å²) in [6, 6.07) is 10.6. The Kier molecular flexibility index (Phi) is 6.03. The molecule has 134 valence electrons. The molecule has 1 aromatic heterocycles. The molecule has 1 aliphatic rings. The number of H-pyrrole nitrogens is 1. The van der Waals surface area contributed by atoms with Gasteiger partial charge in [-0.2, -0.15) is 0 Å². The maximum absolute atomic E-state index is 12.0. The molecule has 0 saturated heterocycles. The second kappa shape index (κ2) is 8.43. The van der Waals surface area contributed by atoms with Crippen molar-refractivity contribution < 1.29 is 0 Å². The van der Waals surface area contributed by atoms with Crippen LogP contribution >= 0.6 is 0 Å². The molecule has 0 bridgehead atoms. The Balaban J connectivity index is 1.87. The molecule has 1 aromatic carbocycles. The van der Waals surface area contributed by atoms with E-state index in [2.05, 4.69) is 42.1 Å². The number of hydrogen-bond donors (Lipinski definition) is 1. The molecule has 0 amide bonds. The lowest BCUT2D eigenvalue weighted by atomic mass is 9.94. The predicted octanol–water partition coefficient (Wildman–Crippen LogP) is 4.15. The third-order valence-corrected chi connectivity index (χ3v) is 5.19. The van der Waals surface area contributed by atoms with Crippen LogP contribution in [0.25, 0.3) is 11.4 Å². The van der Waals surface area contributed by atoms with Gasteiger partial charge in [0, 0.05) is 29.9 Å². The molecule has 0 aliphatic heterocycles. The molecule has 4 nitrogen and oxygen atoms in total. The average Bonchev–Trinajstić information content (AvgIpc) is 2.62. The third-order valence-electron chi connectivity index (χ3n) is 5.19. The van der Waals surface area contributed by atoms with E-state index in [9.17, 15) is 4.79 Å². The smallest absolute Gasteiger partial charge is 0.251 e. The first-order valence-electron chi connectivity index (χ1n) is 9.56. The van der Waals surface area contributed by atoms with Crippen LogP contribution in [-0.4, -0.2) is 28.0 Å². The Morgan fingerprint density at radius 2 is 1.96 bits per heavy atom. The Bertz CT molecular complexity index is 747. The van der Waals surface area contributed by atoms with Gasteiger partial charge >= 0.3 is 0 Å². The molecular formula is C21H29N3O. The minimum atomic E-state index is -0.0658.